The molecule has 0 fully saturated rings. The van der Waals surface area contributed by atoms with Gasteiger partial charge in [-0.3, -0.25) is 9.10 Å². The van der Waals surface area contributed by atoms with Crippen LogP contribution in [0.15, 0.2) is 34.9 Å². The molecule has 1 aliphatic heterocycles. The van der Waals surface area contributed by atoms with Gasteiger partial charge in [0, 0.05) is 26.7 Å². The summed E-state index contributed by atoms with van der Waals surface area (Å²) in [7, 11) is 0.855. The zero-order valence-electron chi connectivity index (χ0n) is 10.7. The maximum Gasteiger partial charge on any atom is 0.271 e. The first-order valence-corrected chi connectivity index (χ1v) is 7.71. The Balaban J connectivity index is 2.79. The number of sulfonamides is 1. The minimum Gasteiger partial charge on any atom is -0.343 e. The predicted molar refractivity (Wildman–Crippen MR) is 75.9 cm³/mol. The fraction of sp³-hybridized carbons (Fsp3) is 0.250. The van der Waals surface area contributed by atoms with E-state index in [1.165, 1.54) is 18.0 Å². The zero-order valence-corrected chi connectivity index (χ0v) is 13.1. The first-order valence-electron chi connectivity index (χ1n) is 5.48. The fourth-order valence-corrected chi connectivity index (χ4v) is 4.28. The standard InChI is InChI=1S/C12H13BrN2O3S/c1-14(2)12(16)11-10(13)8-6-4-5-7-9(8)19(17,18)15(11)3/h4-7H,1-3H3. The Bertz CT molecular complexity index is 680. The van der Waals surface area contributed by atoms with E-state index in [1.807, 2.05) is 0 Å². The van der Waals surface area contributed by atoms with Crippen molar-refractivity contribution in [1.29, 1.82) is 0 Å². The fourth-order valence-electron chi connectivity index (χ4n) is 1.85. The second-order valence-electron chi connectivity index (χ2n) is 4.33. The van der Waals surface area contributed by atoms with Crippen molar-refractivity contribution in [2.75, 3.05) is 21.1 Å². The van der Waals surface area contributed by atoms with Crippen LogP contribution in [0, 0.1) is 0 Å². The van der Waals surface area contributed by atoms with Crippen molar-refractivity contribution in [3.05, 3.63) is 35.5 Å². The van der Waals surface area contributed by atoms with Crippen LogP contribution >= 0.6 is 15.9 Å². The third kappa shape index (κ3) is 2.06. The number of hydrogen-bond acceptors (Lipinski definition) is 3. The van der Waals surface area contributed by atoms with Gasteiger partial charge < -0.3 is 4.90 Å². The van der Waals surface area contributed by atoms with E-state index in [-0.39, 0.29) is 16.5 Å². The molecule has 1 aromatic rings. The summed E-state index contributed by atoms with van der Waals surface area (Å²) in [5, 5.41) is 0. The van der Waals surface area contributed by atoms with Crippen LogP contribution in [-0.2, 0) is 14.8 Å². The zero-order chi connectivity index (χ0) is 14.4. The minimum atomic E-state index is -3.68. The summed E-state index contributed by atoms with van der Waals surface area (Å²) >= 11 is 3.34. The van der Waals surface area contributed by atoms with Gasteiger partial charge in [0.25, 0.3) is 15.9 Å². The van der Waals surface area contributed by atoms with E-state index in [0.29, 0.717) is 10.0 Å². The molecule has 19 heavy (non-hydrogen) atoms. The van der Waals surface area contributed by atoms with E-state index in [4.69, 9.17) is 0 Å². The Morgan fingerprint density at radius 1 is 1.26 bits per heavy atom. The lowest BCUT2D eigenvalue weighted by Crippen LogP contribution is -2.38. The highest BCUT2D eigenvalue weighted by atomic mass is 79.9. The summed E-state index contributed by atoms with van der Waals surface area (Å²) in [5.74, 6) is -0.368. The van der Waals surface area contributed by atoms with E-state index < -0.39 is 10.0 Å². The van der Waals surface area contributed by atoms with Gasteiger partial charge in [0.2, 0.25) is 0 Å². The monoisotopic (exact) mass is 344 g/mol. The second-order valence-corrected chi connectivity index (χ2v) is 7.06. The summed E-state index contributed by atoms with van der Waals surface area (Å²) in [6.07, 6.45) is 0. The van der Waals surface area contributed by atoms with E-state index in [1.54, 1.807) is 32.3 Å². The van der Waals surface area contributed by atoms with Gasteiger partial charge in [0.05, 0.1) is 9.38 Å². The van der Waals surface area contributed by atoms with Crippen molar-refractivity contribution in [1.82, 2.24) is 9.21 Å². The average molecular weight is 345 g/mol. The second kappa shape index (κ2) is 4.64. The lowest BCUT2D eigenvalue weighted by atomic mass is 10.1. The third-order valence-corrected chi connectivity index (χ3v) is 5.51. The molecule has 0 atom stereocenters. The van der Waals surface area contributed by atoms with Gasteiger partial charge in [-0.2, -0.15) is 0 Å². The topological polar surface area (TPSA) is 57.7 Å². The van der Waals surface area contributed by atoms with Crippen molar-refractivity contribution in [3.8, 4) is 0 Å². The summed E-state index contributed by atoms with van der Waals surface area (Å²) in [6.45, 7) is 0. The molecule has 0 aliphatic carbocycles. The number of carbonyl (C=O) groups excluding carboxylic acids is 1. The van der Waals surface area contributed by atoms with E-state index >= 15 is 0 Å². The van der Waals surface area contributed by atoms with Crippen molar-refractivity contribution in [3.63, 3.8) is 0 Å². The third-order valence-electron chi connectivity index (χ3n) is 2.89. The molecule has 0 aromatic heterocycles. The molecule has 0 bridgehead atoms. The van der Waals surface area contributed by atoms with E-state index in [9.17, 15) is 13.2 Å². The molecule has 1 heterocycles. The summed E-state index contributed by atoms with van der Waals surface area (Å²) in [4.78, 5) is 13.7. The van der Waals surface area contributed by atoms with Crippen LogP contribution in [0.25, 0.3) is 4.48 Å². The number of likely N-dealkylation sites (N-methyl/N-ethyl adjacent to an activating group) is 2. The van der Waals surface area contributed by atoms with Gasteiger partial charge in [-0.1, -0.05) is 18.2 Å². The Labute approximate surface area is 120 Å². The predicted octanol–water partition coefficient (Wildman–Crippen LogP) is 1.47. The van der Waals surface area contributed by atoms with Gasteiger partial charge in [0.15, 0.2) is 0 Å². The smallest absolute Gasteiger partial charge is 0.271 e. The van der Waals surface area contributed by atoms with E-state index in [0.717, 1.165) is 4.31 Å². The Hall–Kier alpha value is -1.34. The maximum absolute atomic E-state index is 12.4. The first-order chi connectivity index (χ1) is 8.78. The number of nitrogens with zero attached hydrogens (tertiary/aromatic N) is 2. The molecule has 0 saturated carbocycles. The van der Waals surface area contributed by atoms with Crippen molar-refractivity contribution >= 4 is 36.3 Å². The molecule has 1 aromatic carbocycles. The first kappa shape index (κ1) is 14.1. The highest BCUT2D eigenvalue weighted by Gasteiger charge is 2.37. The molecule has 0 radical (unpaired) electrons. The molecular weight excluding hydrogens is 332 g/mol. The number of halogens is 1. The Kier molecular flexibility index (Phi) is 3.44. The Morgan fingerprint density at radius 3 is 2.42 bits per heavy atom. The molecule has 2 rings (SSSR count). The van der Waals surface area contributed by atoms with Crippen LogP contribution in [-0.4, -0.2) is 44.7 Å². The van der Waals surface area contributed by atoms with Crippen LogP contribution in [0.5, 0.6) is 0 Å². The normalized spacial score (nSPS) is 17.2. The molecule has 102 valence electrons. The summed E-state index contributed by atoms with van der Waals surface area (Å²) < 4.78 is 26.3. The summed E-state index contributed by atoms with van der Waals surface area (Å²) in [6, 6.07) is 6.59. The highest BCUT2D eigenvalue weighted by molar-refractivity contribution is 9.15. The molecule has 0 saturated heterocycles. The molecule has 0 spiro atoms. The lowest BCUT2D eigenvalue weighted by molar-refractivity contribution is -0.125. The van der Waals surface area contributed by atoms with Gasteiger partial charge in [-0.25, -0.2) is 8.42 Å². The average Bonchev–Trinajstić information content (AvgIpc) is 2.37. The number of hydrogen-bond donors (Lipinski definition) is 0. The highest BCUT2D eigenvalue weighted by Crippen LogP contribution is 2.39. The number of benzene rings is 1. The van der Waals surface area contributed by atoms with Crippen LogP contribution in [0.1, 0.15) is 5.56 Å². The van der Waals surface area contributed by atoms with Gasteiger partial charge in [0.1, 0.15) is 5.70 Å². The molecule has 0 unspecified atom stereocenters. The molecule has 1 aliphatic rings. The van der Waals surface area contributed by atoms with Gasteiger partial charge in [-0.05, 0) is 22.0 Å². The lowest BCUT2D eigenvalue weighted by Gasteiger charge is -2.30. The molecule has 5 nitrogen and oxygen atoms in total. The minimum absolute atomic E-state index is 0.115. The number of carbonyl (C=O) groups is 1. The van der Waals surface area contributed by atoms with Crippen LogP contribution in [0.2, 0.25) is 0 Å². The van der Waals surface area contributed by atoms with Crippen molar-refractivity contribution in [2.24, 2.45) is 0 Å². The number of fused-ring (bicyclic) bond motifs is 1. The molecule has 7 heteroatoms. The van der Waals surface area contributed by atoms with Gasteiger partial charge in [-0.15, -0.1) is 0 Å². The van der Waals surface area contributed by atoms with Crippen LogP contribution in [0.3, 0.4) is 0 Å². The molecule has 1 amide bonds. The summed E-state index contributed by atoms with van der Waals surface area (Å²) in [5.41, 5.74) is 0.620. The number of amides is 1. The largest absolute Gasteiger partial charge is 0.343 e. The van der Waals surface area contributed by atoms with E-state index in [2.05, 4.69) is 15.9 Å². The molecular formula is C12H13BrN2O3S. The Morgan fingerprint density at radius 2 is 1.84 bits per heavy atom. The number of rotatable bonds is 1. The van der Waals surface area contributed by atoms with Crippen LogP contribution in [0.4, 0.5) is 0 Å². The quantitative estimate of drug-likeness (QED) is 0.775. The van der Waals surface area contributed by atoms with Crippen molar-refractivity contribution < 1.29 is 13.2 Å². The maximum atomic E-state index is 12.4. The molecule has 0 N–H and O–H groups in total. The van der Waals surface area contributed by atoms with Crippen molar-refractivity contribution in [2.45, 2.75) is 4.90 Å². The SMILES string of the molecule is CN(C)C(=O)C1=C(Br)c2ccccc2S(=O)(=O)N1C. The van der Waals surface area contributed by atoms with Crippen LogP contribution < -0.4 is 0 Å². The van der Waals surface area contributed by atoms with Gasteiger partial charge >= 0.3 is 0 Å².